The Kier molecular flexibility index (Phi) is 4.43. The number of amides is 1. The molecule has 1 amide bonds. The van der Waals surface area contributed by atoms with Crippen LogP contribution in [0.2, 0.25) is 0 Å². The van der Waals surface area contributed by atoms with Crippen LogP contribution in [0.1, 0.15) is 42.1 Å². The lowest BCUT2D eigenvalue weighted by Gasteiger charge is -2.28. The van der Waals surface area contributed by atoms with Crippen molar-refractivity contribution in [2.45, 2.75) is 45.2 Å². The molecule has 104 valence electrons. The molecule has 1 saturated heterocycles. The summed E-state index contributed by atoms with van der Waals surface area (Å²) >= 11 is 0. The predicted octanol–water partition coefficient (Wildman–Crippen LogP) is 1.96. The zero-order chi connectivity index (χ0) is 13.8. The van der Waals surface area contributed by atoms with Crippen molar-refractivity contribution < 1.29 is 9.90 Å². The van der Waals surface area contributed by atoms with Crippen LogP contribution in [0.5, 0.6) is 5.75 Å². The number of aromatic hydroxyl groups is 1. The fraction of sp³-hybridized carbons (Fsp3) is 0.533. The maximum Gasteiger partial charge on any atom is 0.255 e. The summed E-state index contributed by atoms with van der Waals surface area (Å²) in [5.74, 6) is -0.167. The number of hydrogen-bond donors (Lipinski definition) is 3. The van der Waals surface area contributed by atoms with Gasteiger partial charge < -0.3 is 15.7 Å². The Morgan fingerprint density at radius 1 is 1.47 bits per heavy atom. The Morgan fingerprint density at radius 3 is 2.95 bits per heavy atom. The van der Waals surface area contributed by atoms with Gasteiger partial charge in [-0.2, -0.15) is 0 Å². The van der Waals surface area contributed by atoms with Crippen LogP contribution in [0.15, 0.2) is 18.2 Å². The molecular formula is C15H22N2O2. The minimum atomic E-state index is -0.211. The van der Waals surface area contributed by atoms with Gasteiger partial charge in [-0.25, -0.2) is 0 Å². The lowest BCUT2D eigenvalue weighted by atomic mass is 9.99. The summed E-state index contributed by atoms with van der Waals surface area (Å²) in [6, 6.07) is 5.95. The normalized spacial score (nSPS) is 23.1. The van der Waals surface area contributed by atoms with Crippen LogP contribution in [-0.2, 0) is 0 Å². The van der Waals surface area contributed by atoms with E-state index in [1.165, 1.54) is 12.8 Å². The number of piperidine rings is 1. The van der Waals surface area contributed by atoms with Gasteiger partial charge in [0.05, 0.1) is 5.56 Å². The number of nitrogens with one attached hydrogen (secondary N) is 2. The quantitative estimate of drug-likeness (QED) is 0.780. The Bertz CT molecular complexity index is 459. The largest absolute Gasteiger partial charge is 0.507 e. The molecule has 0 radical (unpaired) electrons. The summed E-state index contributed by atoms with van der Waals surface area (Å²) < 4.78 is 0. The number of benzene rings is 1. The zero-order valence-electron chi connectivity index (χ0n) is 11.6. The maximum absolute atomic E-state index is 12.0. The predicted molar refractivity (Wildman–Crippen MR) is 75.4 cm³/mol. The van der Waals surface area contributed by atoms with Crippen LogP contribution in [-0.4, -0.2) is 29.6 Å². The molecule has 2 unspecified atom stereocenters. The Labute approximate surface area is 114 Å². The highest BCUT2D eigenvalue weighted by molar-refractivity contribution is 5.96. The first kappa shape index (κ1) is 13.9. The van der Waals surface area contributed by atoms with Gasteiger partial charge in [-0.05, 0) is 44.4 Å². The van der Waals surface area contributed by atoms with E-state index < -0.39 is 0 Å². The van der Waals surface area contributed by atoms with Gasteiger partial charge in [0.1, 0.15) is 5.75 Å². The van der Waals surface area contributed by atoms with Crippen molar-refractivity contribution in [3.05, 3.63) is 29.3 Å². The van der Waals surface area contributed by atoms with Gasteiger partial charge in [0.2, 0.25) is 0 Å². The summed E-state index contributed by atoms with van der Waals surface area (Å²) in [6.45, 7) is 4.66. The molecule has 2 rings (SSSR count). The number of aryl methyl sites for hydroxylation is 1. The highest BCUT2D eigenvalue weighted by Crippen LogP contribution is 2.18. The monoisotopic (exact) mass is 262 g/mol. The first-order chi connectivity index (χ1) is 9.06. The average molecular weight is 262 g/mol. The van der Waals surface area contributed by atoms with Gasteiger partial charge in [0.15, 0.2) is 0 Å². The van der Waals surface area contributed by atoms with Crippen LogP contribution in [0.3, 0.4) is 0 Å². The molecule has 1 heterocycles. The molecule has 3 N–H and O–H groups in total. The molecule has 2 atom stereocenters. The number of phenols is 1. The van der Waals surface area contributed by atoms with E-state index in [1.807, 2.05) is 13.0 Å². The fourth-order valence-corrected chi connectivity index (χ4v) is 2.55. The molecule has 1 aromatic rings. The van der Waals surface area contributed by atoms with E-state index in [2.05, 4.69) is 17.6 Å². The Hall–Kier alpha value is -1.55. The van der Waals surface area contributed by atoms with E-state index in [0.717, 1.165) is 12.0 Å². The maximum atomic E-state index is 12.0. The van der Waals surface area contributed by atoms with Crippen molar-refractivity contribution in [1.82, 2.24) is 10.6 Å². The molecule has 1 aliphatic rings. The van der Waals surface area contributed by atoms with Crippen molar-refractivity contribution in [2.24, 2.45) is 0 Å². The van der Waals surface area contributed by atoms with E-state index in [0.29, 0.717) is 24.2 Å². The van der Waals surface area contributed by atoms with Crippen LogP contribution in [0, 0.1) is 6.92 Å². The molecule has 0 bridgehead atoms. The average Bonchev–Trinajstić information content (AvgIpc) is 2.36. The van der Waals surface area contributed by atoms with E-state index in [-0.39, 0.29) is 11.7 Å². The highest BCUT2D eigenvalue weighted by atomic mass is 16.3. The summed E-state index contributed by atoms with van der Waals surface area (Å²) in [7, 11) is 0. The van der Waals surface area contributed by atoms with E-state index >= 15 is 0 Å². The molecule has 1 fully saturated rings. The molecule has 1 aromatic carbocycles. The van der Waals surface area contributed by atoms with Gasteiger partial charge in [-0.3, -0.25) is 4.79 Å². The van der Waals surface area contributed by atoms with Crippen molar-refractivity contribution in [3.8, 4) is 5.75 Å². The van der Waals surface area contributed by atoms with Crippen molar-refractivity contribution >= 4 is 5.91 Å². The molecule has 4 nitrogen and oxygen atoms in total. The van der Waals surface area contributed by atoms with Crippen LogP contribution >= 0.6 is 0 Å². The number of phenolic OH excluding ortho intramolecular Hbond substituents is 1. The Balaban J connectivity index is 1.90. The van der Waals surface area contributed by atoms with Crippen LogP contribution in [0.25, 0.3) is 0 Å². The fourth-order valence-electron chi connectivity index (χ4n) is 2.55. The second-order valence-corrected chi connectivity index (χ2v) is 5.43. The Morgan fingerprint density at radius 2 is 2.26 bits per heavy atom. The summed E-state index contributed by atoms with van der Waals surface area (Å²) in [5.41, 5.74) is 1.28. The third-order valence-corrected chi connectivity index (χ3v) is 3.62. The van der Waals surface area contributed by atoms with Gasteiger partial charge in [0, 0.05) is 18.6 Å². The van der Waals surface area contributed by atoms with Crippen molar-refractivity contribution in [2.75, 3.05) is 6.54 Å². The molecule has 1 aliphatic heterocycles. The molecular weight excluding hydrogens is 240 g/mol. The number of hydrogen-bond acceptors (Lipinski definition) is 3. The SMILES string of the molecule is Cc1ccc(C(=O)NCC2CCCC(C)N2)c(O)c1. The summed E-state index contributed by atoms with van der Waals surface area (Å²) in [5, 5.41) is 16.1. The van der Waals surface area contributed by atoms with E-state index in [4.69, 9.17) is 0 Å². The van der Waals surface area contributed by atoms with Crippen molar-refractivity contribution in [3.63, 3.8) is 0 Å². The number of rotatable bonds is 3. The molecule has 0 spiro atoms. The molecule has 0 aromatic heterocycles. The van der Waals surface area contributed by atoms with Crippen LogP contribution < -0.4 is 10.6 Å². The summed E-state index contributed by atoms with van der Waals surface area (Å²) in [4.78, 5) is 12.0. The second-order valence-electron chi connectivity index (χ2n) is 5.43. The second kappa shape index (κ2) is 6.06. The smallest absolute Gasteiger partial charge is 0.255 e. The molecule has 19 heavy (non-hydrogen) atoms. The standard InChI is InChI=1S/C15H22N2O2/c1-10-6-7-13(14(18)8-10)15(19)16-9-12-5-3-4-11(2)17-12/h6-8,11-12,17-18H,3-5,9H2,1-2H3,(H,16,19). The van der Waals surface area contributed by atoms with Gasteiger partial charge >= 0.3 is 0 Å². The minimum absolute atomic E-state index is 0.0440. The number of carbonyl (C=O) groups excluding carboxylic acids is 1. The zero-order valence-corrected chi connectivity index (χ0v) is 11.6. The topological polar surface area (TPSA) is 61.4 Å². The molecule has 0 saturated carbocycles. The molecule has 4 heteroatoms. The summed E-state index contributed by atoms with van der Waals surface area (Å²) in [6.07, 6.45) is 3.48. The number of carbonyl (C=O) groups is 1. The van der Waals surface area contributed by atoms with Gasteiger partial charge in [-0.1, -0.05) is 12.5 Å². The molecule has 0 aliphatic carbocycles. The van der Waals surface area contributed by atoms with Gasteiger partial charge in [-0.15, -0.1) is 0 Å². The van der Waals surface area contributed by atoms with Crippen LogP contribution in [0.4, 0.5) is 0 Å². The van der Waals surface area contributed by atoms with Gasteiger partial charge in [0.25, 0.3) is 5.91 Å². The van der Waals surface area contributed by atoms with Crippen molar-refractivity contribution in [1.29, 1.82) is 0 Å². The van der Waals surface area contributed by atoms with E-state index in [9.17, 15) is 9.90 Å². The van der Waals surface area contributed by atoms with E-state index in [1.54, 1.807) is 12.1 Å². The minimum Gasteiger partial charge on any atom is -0.507 e. The first-order valence-electron chi connectivity index (χ1n) is 6.90. The third kappa shape index (κ3) is 3.70. The first-order valence-corrected chi connectivity index (χ1v) is 6.90. The lowest BCUT2D eigenvalue weighted by Crippen LogP contribution is -2.47. The highest BCUT2D eigenvalue weighted by Gasteiger charge is 2.19. The lowest BCUT2D eigenvalue weighted by molar-refractivity contribution is 0.0943. The third-order valence-electron chi connectivity index (χ3n) is 3.62.